The molecule has 0 aliphatic heterocycles. The fourth-order valence-corrected chi connectivity index (χ4v) is 1.90. The van der Waals surface area contributed by atoms with Crippen LogP contribution < -0.4 is 16.0 Å². The second kappa shape index (κ2) is 8.65. The van der Waals surface area contributed by atoms with Gasteiger partial charge >= 0.3 is 6.03 Å². The zero-order valence-corrected chi connectivity index (χ0v) is 14.9. The van der Waals surface area contributed by atoms with Crippen LogP contribution >= 0.6 is 0 Å². The van der Waals surface area contributed by atoms with Gasteiger partial charge in [-0.25, -0.2) is 18.0 Å². The summed E-state index contributed by atoms with van der Waals surface area (Å²) in [5.74, 6) is -5.98. The summed E-state index contributed by atoms with van der Waals surface area (Å²) in [7, 11) is 1.42. The predicted molar refractivity (Wildman–Crippen MR) is 88.9 cm³/mol. The van der Waals surface area contributed by atoms with Gasteiger partial charge < -0.3 is 10.6 Å². The Morgan fingerprint density at radius 1 is 1.00 bits per heavy atom. The molecule has 3 N–H and O–H groups in total. The van der Waals surface area contributed by atoms with E-state index in [2.05, 4.69) is 16.0 Å². The summed E-state index contributed by atoms with van der Waals surface area (Å²) in [6, 6.07) is 0.887. The van der Waals surface area contributed by atoms with Gasteiger partial charge in [-0.1, -0.05) is 0 Å². The molecule has 26 heavy (non-hydrogen) atoms. The Morgan fingerprint density at radius 2 is 1.58 bits per heavy atom. The molecule has 0 aliphatic carbocycles. The summed E-state index contributed by atoms with van der Waals surface area (Å²) in [5, 5.41) is 6.72. The number of amides is 4. The molecule has 0 aromatic heterocycles. The Hall–Kier alpha value is -2.62. The second-order valence-corrected chi connectivity index (χ2v) is 6.70. The number of nitrogens with zero attached hydrogens (tertiary/aromatic N) is 1. The lowest BCUT2D eigenvalue weighted by Crippen LogP contribution is -2.50. The van der Waals surface area contributed by atoms with Crippen molar-refractivity contribution in [3.63, 3.8) is 0 Å². The van der Waals surface area contributed by atoms with Gasteiger partial charge in [-0.15, -0.1) is 0 Å². The van der Waals surface area contributed by atoms with Gasteiger partial charge in [0.15, 0.2) is 17.5 Å². The van der Waals surface area contributed by atoms with Crippen LogP contribution in [-0.4, -0.2) is 48.4 Å². The molecular weight excluding hydrogens is 353 g/mol. The van der Waals surface area contributed by atoms with E-state index in [1.165, 1.54) is 11.9 Å². The summed E-state index contributed by atoms with van der Waals surface area (Å²) in [6.45, 7) is 4.60. The second-order valence-electron chi connectivity index (χ2n) is 6.70. The number of hydrogen-bond donors (Lipinski definition) is 3. The number of halogens is 3. The Kier molecular flexibility index (Phi) is 7.13. The molecular formula is C16H21F3N4O3. The molecule has 0 saturated heterocycles. The lowest BCUT2D eigenvalue weighted by atomic mass is 10.1. The van der Waals surface area contributed by atoms with E-state index in [-0.39, 0.29) is 13.1 Å². The van der Waals surface area contributed by atoms with E-state index in [9.17, 15) is 27.6 Å². The van der Waals surface area contributed by atoms with Crippen LogP contribution in [0.2, 0.25) is 0 Å². The summed E-state index contributed by atoms with van der Waals surface area (Å²) in [6.07, 6.45) is 0. The van der Waals surface area contributed by atoms with Crippen LogP contribution in [0.25, 0.3) is 0 Å². The summed E-state index contributed by atoms with van der Waals surface area (Å²) < 4.78 is 39.5. The van der Waals surface area contributed by atoms with Crippen molar-refractivity contribution in [3.8, 4) is 0 Å². The molecule has 0 aliphatic rings. The third-order valence-electron chi connectivity index (χ3n) is 2.88. The number of rotatable bonds is 5. The van der Waals surface area contributed by atoms with Gasteiger partial charge in [0.1, 0.15) is 0 Å². The molecule has 1 aromatic rings. The maximum Gasteiger partial charge on any atom is 0.321 e. The number of likely N-dealkylation sites (N-methyl/N-ethyl adjacent to an activating group) is 1. The molecule has 0 heterocycles. The van der Waals surface area contributed by atoms with E-state index in [1.54, 1.807) is 20.8 Å². The van der Waals surface area contributed by atoms with Gasteiger partial charge in [-0.05, 0) is 40.0 Å². The molecule has 0 saturated carbocycles. The number of anilines is 1. The fourth-order valence-electron chi connectivity index (χ4n) is 1.90. The SMILES string of the molecule is CN(CC(=O)NC(=O)NC(C)(C)C)CC(=O)Nc1ccc(F)c(F)c1F. The van der Waals surface area contributed by atoms with Crippen molar-refractivity contribution in [1.29, 1.82) is 0 Å². The predicted octanol–water partition coefficient (Wildman–Crippen LogP) is 1.60. The van der Waals surface area contributed by atoms with Crippen molar-refractivity contribution in [2.45, 2.75) is 26.3 Å². The number of urea groups is 1. The van der Waals surface area contributed by atoms with Gasteiger partial charge in [0.2, 0.25) is 11.8 Å². The van der Waals surface area contributed by atoms with Gasteiger partial charge in [-0.3, -0.25) is 19.8 Å². The van der Waals surface area contributed by atoms with E-state index in [4.69, 9.17) is 0 Å². The van der Waals surface area contributed by atoms with Crippen molar-refractivity contribution >= 4 is 23.5 Å². The van der Waals surface area contributed by atoms with Crippen LogP contribution in [0.4, 0.5) is 23.7 Å². The minimum atomic E-state index is -1.69. The Morgan fingerprint density at radius 3 is 2.15 bits per heavy atom. The lowest BCUT2D eigenvalue weighted by Gasteiger charge is -2.21. The highest BCUT2D eigenvalue weighted by Gasteiger charge is 2.19. The van der Waals surface area contributed by atoms with Crippen LogP contribution in [0.1, 0.15) is 20.8 Å². The zero-order chi connectivity index (χ0) is 20.1. The van der Waals surface area contributed by atoms with Crippen molar-refractivity contribution < 1.29 is 27.6 Å². The van der Waals surface area contributed by atoms with E-state index in [0.29, 0.717) is 6.07 Å². The normalized spacial score (nSPS) is 11.2. The largest absolute Gasteiger partial charge is 0.333 e. The first-order valence-electron chi connectivity index (χ1n) is 7.63. The summed E-state index contributed by atoms with van der Waals surface area (Å²) >= 11 is 0. The van der Waals surface area contributed by atoms with Crippen molar-refractivity contribution in [2.75, 3.05) is 25.5 Å². The minimum Gasteiger partial charge on any atom is -0.333 e. The maximum absolute atomic E-state index is 13.5. The Labute approximate surface area is 148 Å². The first kappa shape index (κ1) is 21.4. The van der Waals surface area contributed by atoms with E-state index < -0.39 is 46.5 Å². The quantitative estimate of drug-likeness (QED) is 0.683. The van der Waals surface area contributed by atoms with E-state index >= 15 is 0 Å². The molecule has 0 atom stereocenters. The Bertz CT molecular complexity index is 705. The molecule has 1 aromatic carbocycles. The molecule has 0 unspecified atom stereocenters. The Balaban J connectivity index is 2.51. The molecule has 1 rings (SSSR count). The third-order valence-corrected chi connectivity index (χ3v) is 2.88. The highest BCUT2D eigenvalue weighted by molar-refractivity contribution is 5.96. The summed E-state index contributed by atoms with van der Waals surface area (Å²) in [4.78, 5) is 36.4. The van der Waals surface area contributed by atoms with Crippen LogP contribution in [-0.2, 0) is 9.59 Å². The van der Waals surface area contributed by atoms with Crippen molar-refractivity contribution in [2.24, 2.45) is 0 Å². The van der Waals surface area contributed by atoms with E-state index in [0.717, 1.165) is 6.07 Å². The van der Waals surface area contributed by atoms with Crippen molar-refractivity contribution in [1.82, 2.24) is 15.5 Å². The topological polar surface area (TPSA) is 90.5 Å². The number of carbonyl (C=O) groups is 3. The molecule has 0 spiro atoms. The van der Waals surface area contributed by atoms with Crippen LogP contribution in [0.3, 0.4) is 0 Å². The third kappa shape index (κ3) is 7.09. The van der Waals surface area contributed by atoms with Crippen LogP contribution in [0.15, 0.2) is 12.1 Å². The minimum absolute atomic E-state index is 0.286. The number of nitrogens with one attached hydrogen (secondary N) is 3. The van der Waals surface area contributed by atoms with Gasteiger partial charge in [0, 0.05) is 5.54 Å². The van der Waals surface area contributed by atoms with Gasteiger partial charge in [0.05, 0.1) is 18.8 Å². The summed E-state index contributed by atoms with van der Waals surface area (Å²) in [5.41, 5.74) is -1.04. The molecule has 0 fully saturated rings. The maximum atomic E-state index is 13.5. The molecule has 0 radical (unpaired) electrons. The number of hydrogen-bond acceptors (Lipinski definition) is 4. The first-order chi connectivity index (χ1) is 11.9. The standard InChI is InChI=1S/C16H21F3N4O3/c1-16(2,3)22-15(26)21-12(25)8-23(4)7-11(24)20-10-6-5-9(17)13(18)14(10)19/h5-6H,7-8H2,1-4H3,(H,20,24)(H2,21,22,25,26). The van der Waals surface area contributed by atoms with E-state index in [1.807, 2.05) is 0 Å². The number of imide groups is 1. The molecule has 10 heteroatoms. The highest BCUT2D eigenvalue weighted by atomic mass is 19.2. The van der Waals surface area contributed by atoms with Crippen LogP contribution in [0.5, 0.6) is 0 Å². The molecule has 4 amide bonds. The molecule has 7 nitrogen and oxygen atoms in total. The number of benzene rings is 1. The zero-order valence-electron chi connectivity index (χ0n) is 14.9. The highest BCUT2D eigenvalue weighted by Crippen LogP contribution is 2.19. The molecule has 144 valence electrons. The fraction of sp³-hybridized carbons (Fsp3) is 0.438. The smallest absolute Gasteiger partial charge is 0.321 e. The monoisotopic (exact) mass is 374 g/mol. The number of carbonyl (C=O) groups excluding carboxylic acids is 3. The molecule has 0 bridgehead atoms. The van der Waals surface area contributed by atoms with Gasteiger partial charge in [0.25, 0.3) is 0 Å². The van der Waals surface area contributed by atoms with Crippen molar-refractivity contribution in [3.05, 3.63) is 29.6 Å². The lowest BCUT2D eigenvalue weighted by molar-refractivity contribution is -0.122. The van der Waals surface area contributed by atoms with Gasteiger partial charge in [-0.2, -0.15) is 0 Å². The van der Waals surface area contributed by atoms with Crippen LogP contribution in [0, 0.1) is 17.5 Å². The first-order valence-corrected chi connectivity index (χ1v) is 7.63. The average molecular weight is 374 g/mol. The average Bonchev–Trinajstić information content (AvgIpc) is 2.45.